The fourth-order valence-corrected chi connectivity index (χ4v) is 2.43. The lowest BCUT2D eigenvalue weighted by Crippen LogP contribution is -2.47. The number of carbonyl (C=O) groups excluding carboxylic acids is 2. The third-order valence-corrected chi connectivity index (χ3v) is 3.57. The fourth-order valence-electron chi connectivity index (χ4n) is 2.43. The van der Waals surface area contributed by atoms with E-state index in [0.29, 0.717) is 13.2 Å². The van der Waals surface area contributed by atoms with E-state index in [9.17, 15) is 9.59 Å². The molecule has 0 aromatic rings. The molecule has 10 nitrogen and oxygen atoms in total. The Kier molecular flexibility index (Phi) is 7.25. The zero-order valence-corrected chi connectivity index (χ0v) is 13.7. The molecule has 2 rings (SSSR count). The number of amides is 2. The van der Waals surface area contributed by atoms with E-state index in [-0.39, 0.29) is 37.2 Å². The Morgan fingerprint density at radius 1 is 0.917 bits per heavy atom. The van der Waals surface area contributed by atoms with E-state index in [1.165, 1.54) is 12.5 Å². The van der Waals surface area contributed by atoms with Gasteiger partial charge >= 0.3 is 0 Å². The Balaban J connectivity index is 1.81. The standard InChI is InChI=1S/C14H24N4O6/c1-21-7-9(13-15-5-11(19)17-13)23-3-4-24-10(8-22-2)14-16-6-12(20)18-14/h3-4,9-10,13-16H,5-8H2,1-2H3,(H,17,19)(H,18,20). The van der Waals surface area contributed by atoms with Gasteiger partial charge in [-0.25, -0.2) is 0 Å². The quantitative estimate of drug-likeness (QED) is 0.324. The summed E-state index contributed by atoms with van der Waals surface area (Å²) in [5.41, 5.74) is 0. The van der Waals surface area contributed by atoms with Crippen molar-refractivity contribution in [1.82, 2.24) is 21.3 Å². The molecule has 0 bridgehead atoms. The zero-order valence-electron chi connectivity index (χ0n) is 13.7. The maximum Gasteiger partial charge on any atom is 0.235 e. The van der Waals surface area contributed by atoms with Crippen molar-refractivity contribution in [3.63, 3.8) is 0 Å². The first-order valence-electron chi connectivity index (χ1n) is 7.63. The van der Waals surface area contributed by atoms with Gasteiger partial charge in [0, 0.05) is 14.2 Å². The molecule has 0 aliphatic carbocycles. The van der Waals surface area contributed by atoms with Crippen molar-refractivity contribution in [2.45, 2.75) is 24.5 Å². The summed E-state index contributed by atoms with van der Waals surface area (Å²) >= 11 is 0. The van der Waals surface area contributed by atoms with E-state index in [1.54, 1.807) is 14.2 Å². The molecule has 24 heavy (non-hydrogen) atoms. The van der Waals surface area contributed by atoms with Gasteiger partial charge in [-0.1, -0.05) is 0 Å². The van der Waals surface area contributed by atoms with E-state index < -0.39 is 12.2 Å². The zero-order chi connectivity index (χ0) is 17.4. The average Bonchev–Trinajstić information content (AvgIpc) is 3.18. The molecule has 4 unspecified atom stereocenters. The molecule has 2 saturated heterocycles. The Bertz CT molecular complexity index is 421. The molecule has 4 atom stereocenters. The molecule has 2 amide bonds. The molecule has 4 N–H and O–H groups in total. The van der Waals surface area contributed by atoms with Crippen LogP contribution < -0.4 is 21.3 Å². The van der Waals surface area contributed by atoms with Gasteiger partial charge in [0.15, 0.2) is 12.2 Å². The molecule has 2 heterocycles. The number of methoxy groups -OCH3 is 2. The van der Waals surface area contributed by atoms with E-state index in [2.05, 4.69) is 21.3 Å². The minimum absolute atomic E-state index is 0.0897. The lowest BCUT2D eigenvalue weighted by Gasteiger charge is -2.23. The second-order valence-corrected chi connectivity index (χ2v) is 5.38. The highest BCUT2D eigenvalue weighted by atomic mass is 16.5. The average molecular weight is 344 g/mol. The fraction of sp³-hybridized carbons (Fsp3) is 0.714. The van der Waals surface area contributed by atoms with Crippen LogP contribution in [-0.2, 0) is 28.5 Å². The Morgan fingerprint density at radius 3 is 1.62 bits per heavy atom. The van der Waals surface area contributed by atoms with Crippen LogP contribution >= 0.6 is 0 Å². The number of hydrogen-bond acceptors (Lipinski definition) is 8. The van der Waals surface area contributed by atoms with Gasteiger partial charge in [0.1, 0.15) is 24.9 Å². The molecule has 0 saturated carbocycles. The second-order valence-electron chi connectivity index (χ2n) is 5.38. The molecule has 136 valence electrons. The maximum absolute atomic E-state index is 11.3. The maximum atomic E-state index is 11.3. The molecule has 0 radical (unpaired) electrons. The van der Waals surface area contributed by atoms with Crippen LogP contribution in [0.15, 0.2) is 12.5 Å². The summed E-state index contributed by atoms with van der Waals surface area (Å²) in [7, 11) is 3.10. The number of nitrogens with one attached hydrogen (secondary N) is 4. The monoisotopic (exact) mass is 344 g/mol. The minimum Gasteiger partial charge on any atom is -0.489 e. The van der Waals surface area contributed by atoms with Crippen molar-refractivity contribution in [3.05, 3.63) is 12.5 Å². The van der Waals surface area contributed by atoms with Crippen molar-refractivity contribution in [1.29, 1.82) is 0 Å². The highest BCUT2D eigenvalue weighted by Gasteiger charge is 2.30. The first kappa shape index (κ1) is 18.5. The summed E-state index contributed by atoms with van der Waals surface area (Å²) in [6, 6.07) is 0. The highest BCUT2D eigenvalue weighted by molar-refractivity contribution is 5.80. The summed E-state index contributed by atoms with van der Waals surface area (Å²) in [5.74, 6) is -0.179. The molecule has 0 aromatic heterocycles. The summed E-state index contributed by atoms with van der Waals surface area (Å²) in [5, 5.41) is 11.5. The SMILES string of the molecule is COCC(OC=COC(COC)C1NCC(=O)N1)C1NCC(=O)N1. The largest absolute Gasteiger partial charge is 0.489 e. The van der Waals surface area contributed by atoms with Crippen LogP contribution in [0.3, 0.4) is 0 Å². The lowest BCUT2D eigenvalue weighted by molar-refractivity contribution is -0.119. The van der Waals surface area contributed by atoms with Crippen LogP contribution in [0.2, 0.25) is 0 Å². The van der Waals surface area contributed by atoms with E-state index >= 15 is 0 Å². The van der Waals surface area contributed by atoms with Gasteiger partial charge in [-0.3, -0.25) is 20.2 Å². The third kappa shape index (κ3) is 5.34. The van der Waals surface area contributed by atoms with Crippen LogP contribution in [0.25, 0.3) is 0 Å². The first-order valence-corrected chi connectivity index (χ1v) is 7.63. The summed E-state index contributed by atoms with van der Waals surface area (Å²) in [6.45, 7) is 1.09. The number of rotatable bonds is 10. The van der Waals surface area contributed by atoms with Crippen LogP contribution in [0, 0.1) is 0 Å². The van der Waals surface area contributed by atoms with E-state index in [0.717, 1.165) is 0 Å². The van der Waals surface area contributed by atoms with Crippen molar-refractivity contribution in [3.8, 4) is 0 Å². The molecule has 2 fully saturated rings. The second kappa shape index (κ2) is 9.42. The molecule has 10 heteroatoms. The van der Waals surface area contributed by atoms with Crippen LogP contribution in [0.5, 0.6) is 0 Å². The van der Waals surface area contributed by atoms with Gasteiger partial charge in [-0.2, -0.15) is 0 Å². The Hall–Kier alpha value is -1.88. The van der Waals surface area contributed by atoms with E-state index in [1.807, 2.05) is 0 Å². The molecular weight excluding hydrogens is 320 g/mol. The van der Waals surface area contributed by atoms with Gasteiger partial charge < -0.3 is 29.6 Å². The van der Waals surface area contributed by atoms with Crippen molar-refractivity contribution >= 4 is 11.8 Å². The van der Waals surface area contributed by atoms with Gasteiger partial charge in [-0.05, 0) is 0 Å². The molecule has 0 spiro atoms. The normalized spacial score (nSPS) is 26.2. The Labute approximate surface area is 140 Å². The summed E-state index contributed by atoms with van der Waals surface area (Å²) in [4.78, 5) is 22.5. The topological polar surface area (TPSA) is 119 Å². The number of carbonyl (C=O) groups is 2. The van der Waals surface area contributed by atoms with Gasteiger partial charge in [0.25, 0.3) is 0 Å². The third-order valence-electron chi connectivity index (χ3n) is 3.57. The summed E-state index contributed by atoms with van der Waals surface area (Å²) in [6.07, 6.45) is 1.32. The molecule has 0 aromatic carbocycles. The van der Waals surface area contributed by atoms with Crippen LogP contribution in [-0.4, -0.2) is 76.9 Å². The summed E-state index contributed by atoms with van der Waals surface area (Å²) < 4.78 is 21.3. The van der Waals surface area contributed by atoms with Crippen LogP contribution in [0.1, 0.15) is 0 Å². The van der Waals surface area contributed by atoms with Crippen molar-refractivity contribution in [2.24, 2.45) is 0 Å². The van der Waals surface area contributed by atoms with Gasteiger partial charge in [-0.15, -0.1) is 0 Å². The lowest BCUT2D eigenvalue weighted by atomic mass is 10.3. The Morgan fingerprint density at radius 2 is 1.33 bits per heavy atom. The smallest absolute Gasteiger partial charge is 0.235 e. The van der Waals surface area contributed by atoms with Gasteiger partial charge in [0.2, 0.25) is 11.8 Å². The number of ether oxygens (including phenoxy) is 4. The predicted octanol–water partition coefficient (Wildman–Crippen LogP) is -2.39. The van der Waals surface area contributed by atoms with E-state index in [4.69, 9.17) is 18.9 Å². The highest BCUT2D eigenvalue weighted by Crippen LogP contribution is 2.06. The minimum atomic E-state index is -0.397. The van der Waals surface area contributed by atoms with Gasteiger partial charge in [0.05, 0.1) is 26.3 Å². The molecule has 2 aliphatic heterocycles. The molecular formula is C14H24N4O6. The predicted molar refractivity (Wildman–Crippen MR) is 82.5 cm³/mol. The van der Waals surface area contributed by atoms with Crippen LogP contribution in [0.4, 0.5) is 0 Å². The molecule has 2 aliphatic rings. The van der Waals surface area contributed by atoms with Crippen molar-refractivity contribution < 1.29 is 28.5 Å². The van der Waals surface area contributed by atoms with Crippen molar-refractivity contribution in [2.75, 3.05) is 40.5 Å². The number of hydrogen-bond donors (Lipinski definition) is 4. The first-order chi connectivity index (χ1) is 11.6.